The summed E-state index contributed by atoms with van der Waals surface area (Å²) in [5, 5.41) is 2.95. The molecule has 2 aliphatic carbocycles. The quantitative estimate of drug-likeness (QED) is 0.934. The van der Waals surface area contributed by atoms with Gasteiger partial charge >= 0.3 is 0 Å². The summed E-state index contributed by atoms with van der Waals surface area (Å²) in [6.45, 7) is 1.75. The number of nitrogens with one attached hydrogen (secondary N) is 1. The predicted octanol–water partition coefficient (Wildman–Crippen LogP) is 2.77. The van der Waals surface area contributed by atoms with Crippen LogP contribution in [0.3, 0.4) is 0 Å². The van der Waals surface area contributed by atoms with Crippen molar-refractivity contribution < 1.29 is 13.2 Å². The molecule has 0 heterocycles. The third-order valence-electron chi connectivity index (χ3n) is 4.92. The Morgan fingerprint density at radius 1 is 1.24 bits per heavy atom. The lowest BCUT2D eigenvalue weighted by Crippen LogP contribution is -2.27. The van der Waals surface area contributed by atoms with E-state index in [-0.39, 0.29) is 11.8 Å². The summed E-state index contributed by atoms with van der Waals surface area (Å²) < 4.78 is 23.2. The van der Waals surface area contributed by atoms with Crippen LogP contribution in [0.5, 0.6) is 0 Å². The maximum absolute atomic E-state index is 12.4. The molecule has 0 radical (unpaired) electrons. The normalized spacial score (nSPS) is 27.8. The summed E-state index contributed by atoms with van der Waals surface area (Å²) >= 11 is 0. The monoisotopic (exact) mass is 307 g/mol. The Morgan fingerprint density at radius 2 is 2.00 bits per heavy atom. The first-order chi connectivity index (χ1) is 9.84. The highest BCUT2D eigenvalue weighted by molar-refractivity contribution is 7.90. The third-order valence-corrected chi connectivity index (χ3v) is 6.17. The lowest BCUT2D eigenvalue weighted by atomic mass is 9.88. The second kappa shape index (κ2) is 5.13. The number of benzene rings is 1. The van der Waals surface area contributed by atoms with Crippen LogP contribution in [-0.2, 0) is 14.6 Å². The Hall–Kier alpha value is -1.36. The number of hydrogen-bond donors (Lipinski definition) is 1. The van der Waals surface area contributed by atoms with E-state index < -0.39 is 9.84 Å². The van der Waals surface area contributed by atoms with Crippen LogP contribution in [0.4, 0.5) is 5.69 Å². The van der Waals surface area contributed by atoms with E-state index >= 15 is 0 Å². The fourth-order valence-electron chi connectivity index (χ4n) is 3.94. The average molecular weight is 307 g/mol. The molecular weight excluding hydrogens is 286 g/mol. The van der Waals surface area contributed by atoms with Gasteiger partial charge < -0.3 is 5.32 Å². The number of anilines is 1. The second-order valence-corrected chi connectivity index (χ2v) is 8.51. The molecule has 2 bridgehead atoms. The smallest absolute Gasteiger partial charge is 0.227 e. The molecule has 0 saturated heterocycles. The minimum atomic E-state index is -3.21. The zero-order valence-electron chi connectivity index (χ0n) is 12.4. The van der Waals surface area contributed by atoms with Gasteiger partial charge in [-0.15, -0.1) is 0 Å². The number of carbonyl (C=O) groups excluding carboxylic acids is 1. The second-order valence-electron chi connectivity index (χ2n) is 6.52. The van der Waals surface area contributed by atoms with Gasteiger partial charge in [0.25, 0.3) is 0 Å². The minimum absolute atomic E-state index is 0.0914. The van der Waals surface area contributed by atoms with E-state index in [2.05, 4.69) is 5.32 Å². The molecule has 3 atom stereocenters. The Morgan fingerprint density at radius 3 is 2.52 bits per heavy atom. The van der Waals surface area contributed by atoms with Crippen LogP contribution in [0.1, 0.15) is 31.2 Å². The maximum Gasteiger partial charge on any atom is 0.227 e. The molecule has 2 fully saturated rings. The van der Waals surface area contributed by atoms with Crippen molar-refractivity contribution in [2.45, 2.75) is 37.5 Å². The summed E-state index contributed by atoms with van der Waals surface area (Å²) in [4.78, 5) is 12.7. The zero-order chi connectivity index (χ0) is 15.2. The molecule has 2 aliphatic rings. The molecule has 0 aromatic heterocycles. The van der Waals surface area contributed by atoms with Crippen LogP contribution in [0.15, 0.2) is 23.1 Å². The number of sulfone groups is 1. The van der Waals surface area contributed by atoms with E-state index in [0.717, 1.165) is 12.3 Å². The molecule has 114 valence electrons. The van der Waals surface area contributed by atoms with Gasteiger partial charge in [-0.2, -0.15) is 0 Å². The molecule has 0 aliphatic heterocycles. The molecule has 4 nitrogen and oxygen atoms in total. The molecule has 2 saturated carbocycles. The van der Waals surface area contributed by atoms with Gasteiger partial charge in [0.2, 0.25) is 5.91 Å². The van der Waals surface area contributed by atoms with Gasteiger partial charge in [0.05, 0.1) is 4.90 Å². The number of rotatable bonds is 3. The standard InChI is InChI=1S/C16H21NO3S/c1-10-7-13(5-6-15(10)21(2,19)20)17-16(18)14-9-11-3-4-12(14)8-11/h5-7,11-12,14H,3-4,8-9H2,1-2H3,(H,17,18). The van der Waals surface area contributed by atoms with Crippen LogP contribution >= 0.6 is 0 Å². The number of fused-ring (bicyclic) bond motifs is 2. The van der Waals surface area contributed by atoms with Crippen LogP contribution in [0, 0.1) is 24.7 Å². The van der Waals surface area contributed by atoms with Crippen molar-refractivity contribution in [1.82, 2.24) is 0 Å². The van der Waals surface area contributed by atoms with Gasteiger partial charge in [0.1, 0.15) is 0 Å². The predicted molar refractivity (Wildman–Crippen MR) is 81.9 cm³/mol. The molecule has 3 unspecified atom stereocenters. The van der Waals surface area contributed by atoms with Crippen molar-refractivity contribution in [2.24, 2.45) is 17.8 Å². The number of hydrogen-bond acceptors (Lipinski definition) is 3. The van der Waals surface area contributed by atoms with Crippen molar-refractivity contribution in [3.8, 4) is 0 Å². The highest BCUT2D eigenvalue weighted by Crippen LogP contribution is 2.48. The summed E-state index contributed by atoms with van der Waals surface area (Å²) in [7, 11) is -3.21. The van der Waals surface area contributed by atoms with Gasteiger partial charge in [-0.3, -0.25) is 4.79 Å². The molecular formula is C16H21NO3S. The van der Waals surface area contributed by atoms with E-state index in [9.17, 15) is 13.2 Å². The highest BCUT2D eigenvalue weighted by Gasteiger charge is 2.43. The number of carbonyl (C=O) groups is 1. The van der Waals surface area contributed by atoms with E-state index in [4.69, 9.17) is 0 Å². The molecule has 0 spiro atoms. The molecule has 5 heteroatoms. The van der Waals surface area contributed by atoms with Crippen molar-refractivity contribution in [3.05, 3.63) is 23.8 Å². The fourth-order valence-corrected chi connectivity index (χ4v) is 4.90. The van der Waals surface area contributed by atoms with Crippen molar-refractivity contribution in [3.63, 3.8) is 0 Å². The van der Waals surface area contributed by atoms with E-state index in [1.54, 1.807) is 25.1 Å². The topological polar surface area (TPSA) is 63.2 Å². The SMILES string of the molecule is Cc1cc(NC(=O)C2CC3CCC2C3)ccc1S(C)(=O)=O. The van der Waals surface area contributed by atoms with Crippen molar-refractivity contribution in [2.75, 3.05) is 11.6 Å². The van der Waals surface area contributed by atoms with Crippen LogP contribution in [-0.4, -0.2) is 20.6 Å². The van der Waals surface area contributed by atoms with Crippen LogP contribution < -0.4 is 5.32 Å². The Kier molecular flexibility index (Phi) is 3.56. The first kappa shape index (κ1) is 14.6. The van der Waals surface area contributed by atoms with Gasteiger partial charge in [0, 0.05) is 17.9 Å². The summed E-state index contributed by atoms with van der Waals surface area (Å²) in [5.74, 6) is 1.51. The minimum Gasteiger partial charge on any atom is -0.326 e. The van der Waals surface area contributed by atoms with Gasteiger partial charge in [-0.25, -0.2) is 8.42 Å². The lowest BCUT2D eigenvalue weighted by Gasteiger charge is -2.21. The van der Waals surface area contributed by atoms with Gasteiger partial charge in [0.15, 0.2) is 9.84 Å². The lowest BCUT2D eigenvalue weighted by molar-refractivity contribution is -0.121. The van der Waals surface area contributed by atoms with Crippen molar-refractivity contribution in [1.29, 1.82) is 0 Å². The number of aryl methyl sites for hydroxylation is 1. The molecule has 3 rings (SSSR count). The van der Waals surface area contributed by atoms with Crippen LogP contribution in [0.2, 0.25) is 0 Å². The largest absolute Gasteiger partial charge is 0.326 e. The average Bonchev–Trinajstić information content (AvgIpc) is 2.99. The Bertz CT molecular complexity index is 681. The number of amides is 1. The summed E-state index contributed by atoms with van der Waals surface area (Å²) in [6, 6.07) is 4.98. The zero-order valence-corrected chi connectivity index (χ0v) is 13.2. The Balaban J connectivity index is 1.74. The third kappa shape index (κ3) is 2.84. The van der Waals surface area contributed by atoms with Crippen molar-refractivity contribution >= 4 is 21.4 Å². The first-order valence-electron chi connectivity index (χ1n) is 7.46. The first-order valence-corrected chi connectivity index (χ1v) is 9.35. The summed E-state index contributed by atoms with van der Waals surface area (Å²) in [6.07, 6.45) is 5.86. The maximum atomic E-state index is 12.4. The Labute approximate surface area is 125 Å². The van der Waals surface area contributed by atoms with Crippen LogP contribution in [0.25, 0.3) is 0 Å². The molecule has 1 amide bonds. The van der Waals surface area contributed by atoms with E-state index in [1.807, 2.05) is 0 Å². The van der Waals surface area contributed by atoms with Gasteiger partial charge in [-0.1, -0.05) is 6.42 Å². The van der Waals surface area contributed by atoms with E-state index in [0.29, 0.717) is 22.1 Å². The molecule has 1 aromatic rings. The fraction of sp³-hybridized carbons (Fsp3) is 0.562. The summed E-state index contributed by atoms with van der Waals surface area (Å²) in [5.41, 5.74) is 1.36. The molecule has 1 N–H and O–H groups in total. The molecule has 1 aromatic carbocycles. The molecule has 21 heavy (non-hydrogen) atoms. The van der Waals surface area contributed by atoms with Gasteiger partial charge in [-0.05, 0) is 61.8 Å². The highest BCUT2D eigenvalue weighted by atomic mass is 32.2. The van der Waals surface area contributed by atoms with E-state index in [1.165, 1.54) is 25.5 Å².